The molecule has 2 aliphatic heterocycles. The third kappa shape index (κ3) is 3.70. The predicted molar refractivity (Wildman–Crippen MR) is 101 cm³/mol. The van der Waals surface area contributed by atoms with Crippen molar-refractivity contribution in [3.05, 3.63) is 29.8 Å². The molecule has 1 aromatic carbocycles. The molecule has 142 valence electrons. The number of hydrogen-bond acceptors (Lipinski definition) is 3. The van der Waals surface area contributed by atoms with Crippen LogP contribution in [0.5, 0.6) is 0 Å². The van der Waals surface area contributed by atoms with E-state index in [1.54, 1.807) is 9.80 Å². The molecule has 0 unspecified atom stereocenters. The molecule has 1 aromatic rings. The number of likely N-dealkylation sites (tertiary alicyclic amines) is 1. The molecule has 0 aliphatic carbocycles. The van der Waals surface area contributed by atoms with E-state index in [-0.39, 0.29) is 30.4 Å². The largest absolute Gasteiger partial charge is 0.396 e. The maximum absolute atomic E-state index is 13.3. The lowest BCUT2D eigenvalue weighted by Gasteiger charge is -2.39. The fourth-order valence-electron chi connectivity index (χ4n) is 3.96. The van der Waals surface area contributed by atoms with Gasteiger partial charge in [-0.1, -0.05) is 38.5 Å². The number of nitrogens with one attached hydrogen (secondary N) is 1. The maximum Gasteiger partial charge on any atom is 0.321 e. The Morgan fingerprint density at radius 3 is 2.88 bits per heavy atom. The van der Waals surface area contributed by atoms with Crippen LogP contribution in [0.2, 0.25) is 0 Å². The molecule has 6 heteroatoms. The molecule has 2 N–H and O–H groups in total. The van der Waals surface area contributed by atoms with E-state index in [2.05, 4.69) is 5.32 Å². The summed E-state index contributed by atoms with van der Waals surface area (Å²) in [5.41, 5.74) is 1.74. The van der Waals surface area contributed by atoms with Crippen LogP contribution in [0.4, 0.5) is 10.5 Å². The number of carbonyl (C=O) groups excluding carboxylic acids is 2. The van der Waals surface area contributed by atoms with E-state index < -0.39 is 6.04 Å². The monoisotopic (exact) mass is 359 g/mol. The first kappa shape index (κ1) is 18.7. The van der Waals surface area contributed by atoms with Gasteiger partial charge in [0.25, 0.3) is 0 Å². The summed E-state index contributed by atoms with van der Waals surface area (Å²) in [5, 5.41) is 12.5. The minimum absolute atomic E-state index is 0.0618. The Bertz CT molecular complexity index is 663. The Balaban J connectivity index is 1.91. The summed E-state index contributed by atoms with van der Waals surface area (Å²) in [5.74, 6) is 0.0721. The molecule has 1 saturated heterocycles. The second-order valence-electron chi connectivity index (χ2n) is 7.52. The van der Waals surface area contributed by atoms with Crippen molar-refractivity contribution in [3.63, 3.8) is 0 Å². The number of aliphatic hydroxyl groups excluding tert-OH is 1. The molecule has 1 fully saturated rings. The van der Waals surface area contributed by atoms with E-state index in [9.17, 15) is 14.7 Å². The van der Waals surface area contributed by atoms with Crippen molar-refractivity contribution in [2.45, 2.75) is 45.7 Å². The Kier molecular flexibility index (Phi) is 5.81. The number of amides is 3. The number of urea groups is 1. The molecular weight excluding hydrogens is 330 g/mol. The summed E-state index contributed by atoms with van der Waals surface area (Å²) in [6.45, 7) is 5.82. The molecule has 0 aromatic heterocycles. The third-order valence-corrected chi connectivity index (χ3v) is 5.70. The highest BCUT2D eigenvalue weighted by atomic mass is 16.3. The van der Waals surface area contributed by atoms with E-state index in [0.717, 1.165) is 30.5 Å². The van der Waals surface area contributed by atoms with Crippen LogP contribution in [-0.4, -0.2) is 52.6 Å². The van der Waals surface area contributed by atoms with Gasteiger partial charge in [-0.15, -0.1) is 0 Å². The predicted octanol–water partition coefficient (Wildman–Crippen LogP) is 2.68. The summed E-state index contributed by atoms with van der Waals surface area (Å²) in [6, 6.07) is 7.08. The zero-order valence-corrected chi connectivity index (χ0v) is 15.6. The molecule has 2 heterocycles. The van der Waals surface area contributed by atoms with Crippen LogP contribution in [0.15, 0.2) is 24.3 Å². The van der Waals surface area contributed by atoms with Crippen LogP contribution >= 0.6 is 0 Å². The number of nitrogens with zero attached hydrogens (tertiary/aromatic N) is 2. The van der Waals surface area contributed by atoms with Crippen molar-refractivity contribution in [1.29, 1.82) is 0 Å². The lowest BCUT2D eigenvalue weighted by atomic mass is 9.96. The van der Waals surface area contributed by atoms with Crippen molar-refractivity contribution in [2.24, 2.45) is 11.8 Å². The fourth-order valence-corrected chi connectivity index (χ4v) is 3.96. The number of piperidine rings is 1. The Morgan fingerprint density at radius 2 is 2.15 bits per heavy atom. The maximum atomic E-state index is 13.3. The molecule has 0 saturated carbocycles. The van der Waals surface area contributed by atoms with Gasteiger partial charge in [-0.2, -0.15) is 0 Å². The van der Waals surface area contributed by atoms with Crippen LogP contribution in [0.3, 0.4) is 0 Å². The van der Waals surface area contributed by atoms with Crippen LogP contribution in [0.25, 0.3) is 0 Å². The third-order valence-electron chi connectivity index (χ3n) is 5.70. The van der Waals surface area contributed by atoms with Gasteiger partial charge in [-0.25, -0.2) is 4.79 Å². The number of carbonyl (C=O) groups is 2. The lowest BCUT2D eigenvalue weighted by Crippen LogP contribution is -2.55. The van der Waals surface area contributed by atoms with Crippen molar-refractivity contribution in [1.82, 2.24) is 9.80 Å². The van der Waals surface area contributed by atoms with Crippen LogP contribution < -0.4 is 5.32 Å². The molecule has 3 rings (SSSR count). The van der Waals surface area contributed by atoms with Gasteiger partial charge < -0.3 is 20.2 Å². The quantitative estimate of drug-likeness (QED) is 0.871. The van der Waals surface area contributed by atoms with Gasteiger partial charge in [0.05, 0.1) is 6.54 Å². The summed E-state index contributed by atoms with van der Waals surface area (Å²) in [6.07, 6.45) is 2.65. The zero-order valence-electron chi connectivity index (χ0n) is 15.6. The number of anilines is 1. The minimum atomic E-state index is -0.491. The number of hydrogen-bond donors (Lipinski definition) is 2. The standard InChI is InChI=1S/C20H29N3O3/c1-3-14(2)18-19(25)21-17-9-5-4-8-16(17)12-23(18)20(26)22-10-6-7-15(11-22)13-24/h4-5,8-9,14-15,18,24H,3,6-7,10-13H2,1-2H3,(H,21,25)/t14-,15-,18-/m0/s1. The Labute approximate surface area is 155 Å². The topological polar surface area (TPSA) is 72.9 Å². The van der Waals surface area contributed by atoms with Gasteiger partial charge in [0.2, 0.25) is 5.91 Å². The highest BCUT2D eigenvalue weighted by Crippen LogP contribution is 2.29. The summed E-state index contributed by atoms with van der Waals surface area (Å²) in [7, 11) is 0. The van der Waals surface area contributed by atoms with Crippen molar-refractivity contribution in [2.75, 3.05) is 25.0 Å². The van der Waals surface area contributed by atoms with Gasteiger partial charge in [0.1, 0.15) is 6.04 Å². The van der Waals surface area contributed by atoms with E-state index in [0.29, 0.717) is 19.6 Å². The highest BCUT2D eigenvalue weighted by molar-refractivity contribution is 5.98. The number of aliphatic hydroxyl groups is 1. The van der Waals surface area contributed by atoms with Gasteiger partial charge in [0.15, 0.2) is 0 Å². The Morgan fingerprint density at radius 1 is 1.38 bits per heavy atom. The van der Waals surface area contributed by atoms with Crippen molar-refractivity contribution < 1.29 is 14.7 Å². The van der Waals surface area contributed by atoms with Gasteiger partial charge in [0, 0.05) is 25.4 Å². The lowest BCUT2D eigenvalue weighted by molar-refractivity contribution is -0.122. The number of para-hydroxylation sites is 1. The van der Waals surface area contributed by atoms with Gasteiger partial charge in [-0.05, 0) is 36.3 Å². The SMILES string of the molecule is CC[C@H](C)[C@H]1C(=O)Nc2ccccc2CN1C(=O)N1CCC[C@H](CO)C1. The summed E-state index contributed by atoms with van der Waals surface area (Å²) >= 11 is 0. The number of fused-ring (bicyclic) bond motifs is 1. The summed E-state index contributed by atoms with van der Waals surface area (Å²) in [4.78, 5) is 29.8. The van der Waals surface area contributed by atoms with Crippen molar-refractivity contribution in [3.8, 4) is 0 Å². The molecular formula is C20H29N3O3. The van der Waals surface area contributed by atoms with Crippen LogP contribution in [0.1, 0.15) is 38.7 Å². The first-order chi connectivity index (χ1) is 12.5. The molecule has 3 atom stereocenters. The molecule has 0 spiro atoms. The van der Waals surface area contributed by atoms with Crippen molar-refractivity contribution >= 4 is 17.6 Å². The molecule has 0 radical (unpaired) electrons. The van der Waals surface area contributed by atoms with E-state index in [1.165, 1.54) is 0 Å². The minimum Gasteiger partial charge on any atom is -0.396 e. The molecule has 3 amide bonds. The zero-order chi connectivity index (χ0) is 18.7. The van der Waals surface area contributed by atoms with Gasteiger partial charge >= 0.3 is 6.03 Å². The first-order valence-electron chi connectivity index (χ1n) is 9.60. The fraction of sp³-hybridized carbons (Fsp3) is 0.600. The van der Waals surface area contributed by atoms with E-state index in [4.69, 9.17) is 0 Å². The molecule has 2 aliphatic rings. The highest BCUT2D eigenvalue weighted by Gasteiger charge is 2.39. The molecule has 0 bridgehead atoms. The molecule has 6 nitrogen and oxygen atoms in total. The number of benzene rings is 1. The Hall–Kier alpha value is -2.08. The molecule has 26 heavy (non-hydrogen) atoms. The smallest absolute Gasteiger partial charge is 0.321 e. The second kappa shape index (κ2) is 8.08. The normalized spacial score (nSPS) is 24.5. The first-order valence-corrected chi connectivity index (χ1v) is 9.60. The van der Waals surface area contributed by atoms with Crippen LogP contribution in [0, 0.1) is 11.8 Å². The average molecular weight is 359 g/mol. The summed E-state index contributed by atoms with van der Waals surface area (Å²) < 4.78 is 0. The van der Waals surface area contributed by atoms with E-state index in [1.807, 2.05) is 38.1 Å². The van der Waals surface area contributed by atoms with Crippen LogP contribution in [-0.2, 0) is 11.3 Å². The second-order valence-corrected chi connectivity index (χ2v) is 7.52. The average Bonchev–Trinajstić information content (AvgIpc) is 2.82. The van der Waals surface area contributed by atoms with Gasteiger partial charge in [-0.3, -0.25) is 4.79 Å². The number of rotatable bonds is 3. The van der Waals surface area contributed by atoms with E-state index >= 15 is 0 Å².